The molecule has 2 unspecified atom stereocenters. The first-order chi connectivity index (χ1) is 16.3. The number of carbonyl (C=O) groups excluding carboxylic acids is 2. The Labute approximate surface area is 198 Å². The van der Waals surface area contributed by atoms with Gasteiger partial charge in [-0.3, -0.25) is 9.59 Å². The molecule has 2 aromatic rings. The number of carboxylic acids is 1. The fourth-order valence-corrected chi connectivity index (χ4v) is 4.72. The number of fused-ring (bicyclic) bond motifs is 3. The van der Waals surface area contributed by atoms with E-state index in [9.17, 15) is 14.4 Å². The Morgan fingerprint density at radius 2 is 1.74 bits per heavy atom. The van der Waals surface area contributed by atoms with Crippen LogP contribution in [0.4, 0.5) is 4.79 Å². The summed E-state index contributed by atoms with van der Waals surface area (Å²) in [5.74, 6) is -1.32. The number of aliphatic carboxylic acids is 1. The predicted octanol–water partition coefficient (Wildman–Crippen LogP) is 3.40. The van der Waals surface area contributed by atoms with Crippen LogP contribution in [0.15, 0.2) is 48.5 Å². The zero-order valence-corrected chi connectivity index (χ0v) is 19.5. The summed E-state index contributed by atoms with van der Waals surface area (Å²) in [5.41, 5.74) is 3.34. The lowest BCUT2D eigenvalue weighted by Crippen LogP contribution is -2.60. The van der Waals surface area contributed by atoms with E-state index in [1.165, 1.54) is 0 Å². The average Bonchev–Trinajstić information content (AvgIpc) is 3.15. The molecule has 8 nitrogen and oxygen atoms in total. The van der Waals surface area contributed by atoms with E-state index in [0.29, 0.717) is 13.0 Å². The second-order valence-corrected chi connectivity index (χ2v) is 8.98. The van der Waals surface area contributed by atoms with Crippen LogP contribution in [0.3, 0.4) is 0 Å². The number of rotatable bonds is 7. The van der Waals surface area contributed by atoms with Crippen molar-refractivity contribution >= 4 is 18.0 Å². The van der Waals surface area contributed by atoms with Crippen molar-refractivity contribution in [2.24, 2.45) is 0 Å². The number of ether oxygens (including phenoxy) is 2. The van der Waals surface area contributed by atoms with Gasteiger partial charge in [0, 0.05) is 19.0 Å². The van der Waals surface area contributed by atoms with E-state index in [1.807, 2.05) is 43.3 Å². The number of morpholine rings is 1. The van der Waals surface area contributed by atoms with Crippen LogP contribution >= 0.6 is 0 Å². The maximum atomic E-state index is 13.3. The van der Waals surface area contributed by atoms with Crippen LogP contribution in [0.5, 0.6) is 0 Å². The van der Waals surface area contributed by atoms with Gasteiger partial charge in [0.25, 0.3) is 0 Å². The first-order valence-corrected chi connectivity index (χ1v) is 11.6. The van der Waals surface area contributed by atoms with Crippen LogP contribution in [0.1, 0.15) is 43.7 Å². The topological polar surface area (TPSA) is 105 Å². The van der Waals surface area contributed by atoms with Gasteiger partial charge in [-0.1, -0.05) is 55.5 Å². The van der Waals surface area contributed by atoms with E-state index < -0.39 is 23.7 Å². The van der Waals surface area contributed by atoms with Crippen molar-refractivity contribution in [1.29, 1.82) is 0 Å². The molecule has 1 fully saturated rings. The molecule has 2 aliphatic rings. The summed E-state index contributed by atoms with van der Waals surface area (Å²) in [6.07, 6.45) is -1.04. The van der Waals surface area contributed by atoms with Crippen molar-refractivity contribution in [3.63, 3.8) is 0 Å². The lowest BCUT2D eigenvalue weighted by Gasteiger charge is -2.38. The minimum absolute atomic E-state index is 0.0715. The highest BCUT2D eigenvalue weighted by Gasteiger charge is 2.39. The van der Waals surface area contributed by atoms with Gasteiger partial charge in [-0.15, -0.1) is 0 Å². The Kier molecular flexibility index (Phi) is 6.88. The minimum Gasteiger partial charge on any atom is -0.481 e. The molecule has 1 heterocycles. The molecule has 2 amide bonds. The second kappa shape index (κ2) is 9.85. The zero-order valence-electron chi connectivity index (χ0n) is 19.5. The fraction of sp³-hybridized carbons (Fsp3) is 0.423. The van der Waals surface area contributed by atoms with Crippen molar-refractivity contribution in [3.8, 4) is 11.1 Å². The van der Waals surface area contributed by atoms with Gasteiger partial charge < -0.3 is 24.8 Å². The number of nitrogens with one attached hydrogen (secondary N) is 1. The Balaban J connectivity index is 1.41. The quantitative estimate of drug-likeness (QED) is 0.648. The summed E-state index contributed by atoms with van der Waals surface area (Å²) < 4.78 is 11.1. The Hall–Kier alpha value is -3.39. The summed E-state index contributed by atoms with van der Waals surface area (Å²) in [4.78, 5) is 38.6. The van der Waals surface area contributed by atoms with Crippen LogP contribution in [0, 0.1) is 0 Å². The highest BCUT2D eigenvalue weighted by Crippen LogP contribution is 2.44. The Bertz CT molecular complexity index is 1040. The molecule has 1 aliphatic carbocycles. The van der Waals surface area contributed by atoms with Gasteiger partial charge in [0.05, 0.1) is 19.1 Å². The third kappa shape index (κ3) is 4.77. The largest absolute Gasteiger partial charge is 0.481 e. The van der Waals surface area contributed by atoms with Gasteiger partial charge in [0.2, 0.25) is 5.91 Å². The van der Waals surface area contributed by atoms with E-state index in [2.05, 4.69) is 17.4 Å². The van der Waals surface area contributed by atoms with E-state index in [-0.39, 0.29) is 38.0 Å². The lowest BCUT2D eigenvalue weighted by atomic mass is 9.96. The third-order valence-electron chi connectivity index (χ3n) is 6.73. The van der Waals surface area contributed by atoms with Crippen LogP contribution in [-0.4, -0.2) is 65.9 Å². The number of carboxylic acid groups (broad SMARTS) is 1. The summed E-state index contributed by atoms with van der Waals surface area (Å²) in [6.45, 7) is 4.42. The smallest absolute Gasteiger partial charge is 0.408 e. The lowest BCUT2D eigenvalue weighted by molar-refractivity contribution is -0.151. The SMILES string of the molecule is CCC(C)(NC(=O)OCC1c2ccccc2-c2ccccc21)C(=O)N1CCOC(CC(=O)O)C1. The third-order valence-corrected chi connectivity index (χ3v) is 6.73. The summed E-state index contributed by atoms with van der Waals surface area (Å²) >= 11 is 0. The number of hydrogen-bond donors (Lipinski definition) is 2. The molecule has 0 aromatic heterocycles. The van der Waals surface area contributed by atoms with Crippen LogP contribution in [0.25, 0.3) is 11.1 Å². The molecule has 0 saturated carbocycles. The van der Waals surface area contributed by atoms with Crippen molar-refractivity contribution < 1.29 is 29.0 Å². The number of benzene rings is 2. The molecule has 0 spiro atoms. The van der Waals surface area contributed by atoms with Gasteiger partial charge in [-0.2, -0.15) is 0 Å². The molecule has 180 valence electrons. The number of hydrogen-bond acceptors (Lipinski definition) is 5. The normalized spacial score (nSPS) is 19.0. The highest BCUT2D eigenvalue weighted by molar-refractivity contribution is 5.89. The molecule has 0 bridgehead atoms. The summed E-state index contributed by atoms with van der Waals surface area (Å²) in [5, 5.41) is 11.8. The highest BCUT2D eigenvalue weighted by atomic mass is 16.5. The minimum atomic E-state index is -1.17. The van der Waals surface area contributed by atoms with Gasteiger partial charge in [0.15, 0.2) is 0 Å². The van der Waals surface area contributed by atoms with Crippen molar-refractivity contribution in [3.05, 3.63) is 59.7 Å². The molecule has 4 rings (SSSR count). The van der Waals surface area contributed by atoms with Crippen molar-refractivity contribution in [2.75, 3.05) is 26.3 Å². The molecule has 34 heavy (non-hydrogen) atoms. The van der Waals surface area contributed by atoms with Crippen LogP contribution in [-0.2, 0) is 19.1 Å². The fourth-order valence-electron chi connectivity index (χ4n) is 4.72. The molecular weight excluding hydrogens is 436 g/mol. The number of amides is 2. The molecule has 1 aliphatic heterocycles. The maximum Gasteiger partial charge on any atom is 0.408 e. The van der Waals surface area contributed by atoms with E-state index in [1.54, 1.807) is 11.8 Å². The predicted molar refractivity (Wildman–Crippen MR) is 125 cm³/mol. The van der Waals surface area contributed by atoms with Crippen LogP contribution < -0.4 is 5.32 Å². The molecular formula is C26H30N2O6. The second-order valence-electron chi connectivity index (χ2n) is 8.98. The van der Waals surface area contributed by atoms with Gasteiger partial charge in [-0.25, -0.2) is 4.79 Å². The van der Waals surface area contributed by atoms with Gasteiger partial charge >= 0.3 is 12.1 Å². The Morgan fingerprint density at radius 3 is 2.32 bits per heavy atom. The molecule has 1 saturated heterocycles. The van der Waals surface area contributed by atoms with Crippen molar-refractivity contribution in [2.45, 2.75) is 44.2 Å². The molecule has 2 aromatic carbocycles. The monoisotopic (exact) mass is 466 g/mol. The first kappa shape index (κ1) is 23.8. The standard InChI is InChI=1S/C26H30N2O6/c1-3-26(2,24(31)28-12-13-33-17(15-28)14-23(29)30)27-25(32)34-16-22-20-10-6-4-8-18(20)19-9-5-7-11-21(19)22/h4-11,17,22H,3,12-16H2,1-2H3,(H,27,32)(H,29,30). The van der Waals surface area contributed by atoms with Crippen molar-refractivity contribution in [1.82, 2.24) is 10.2 Å². The van der Waals surface area contributed by atoms with Crippen LogP contribution in [0.2, 0.25) is 0 Å². The molecule has 0 radical (unpaired) electrons. The Morgan fingerprint density at radius 1 is 1.12 bits per heavy atom. The van der Waals surface area contributed by atoms with Gasteiger partial charge in [0.1, 0.15) is 12.1 Å². The molecule has 2 N–H and O–H groups in total. The first-order valence-electron chi connectivity index (χ1n) is 11.6. The van der Waals surface area contributed by atoms with Gasteiger partial charge in [-0.05, 0) is 35.6 Å². The number of nitrogens with zero attached hydrogens (tertiary/aromatic N) is 1. The maximum absolute atomic E-state index is 13.3. The molecule has 2 atom stereocenters. The van der Waals surface area contributed by atoms with E-state index in [0.717, 1.165) is 22.3 Å². The summed E-state index contributed by atoms with van der Waals surface area (Å²) in [6, 6.07) is 16.2. The average molecular weight is 467 g/mol. The summed E-state index contributed by atoms with van der Waals surface area (Å²) in [7, 11) is 0. The van der Waals surface area contributed by atoms with E-state index >= 15 is 0 Å². The number of carbonyl (C=O) groups is 3. The molecule has 8 heteroatoms. The zero-order chi connectivity index (χ0) is 24.3. The number of alkyl carbamates (subject to hydrolysis) is 1. The van der Waals surface area contributed by atoms with E-state index in [4.69, 9.17) is 14.6 Å².